The fourth-order valence-electron chi connectivity index (χ4n) is 0.684. The van der Waals surface area contributed by atoms with Gasteiger partial charge < -0.3 is 48.9 Å². The Bertz CT molecular complexity index is 303. The van der Waals surface area contributed by atoms with Crippen molar-refractivity contribution in [3.8, 4) is 0 Å². The number of carboxylic acid groups (broad SMARTS) is 3. The second-order valence-electron chi connectivity index (χ2n) is 2.67. The van der Waals surface area contributed by atoms with Gasteiger partial charge in [-0.1, -0.05) is 0 Å². The van der Waals surface area contributed by atoms with Crippen LogP contribution in [0, 0.1) is 0 Å². The van der Waals surface area contributed by atoms with Gasteiger partial charge in [0.15, 0.2) is 0 Å². The Morgan fingerprint density at radius 1 is 1.00 bits per heavy atom. The van der Waals surface area contributed by atoms with Crippen LogP contribution in [0.1, 0.15) is 12.8 Å². The zero-order chi connectivity index (χ0) is 14.2. The van der Waals surface area contributed by atoms with E-state index in [1.165, 1.54) is 0 Å². The average Bonchev–Trinajstić information content (AvgIpc) is 1.98. The van der Waals surface area contributed by atoms with Gasteiger partial charge in [0, 0.05) is 34.0 Å². The second kappa shape index (κ2) is 7.29. The smallest absolute Gasteiger partial charge is 0.114 e. The number of rotatable bonds is 5. The van der Waals surface area contributed by atoms with Crippen molar-refractivity contribution < 1.29 is 48.9 Å². The zero-order valence-electron chi connectivity index (χ0n) is 8.04. The summed E-state index contributed by atoms with van der Waals surface area (Å²) in [7, 11) is -3.63. The Kier molecular flexibility index (Phi) is 7.46. The van der Waals surface area contributed by atoms with E-state index in [1.807, 2.05) is 0 Å². The Morgan fingerprint density at radius 3 is 1.35 bits per heavy atom. The van der Waals surface area contributed by atoms with E-state index in [-0.39, 0.29) is 0 Å². The van der Waals surface area contributed by atoms with E-state index in [2.05, 4.69) is 0 Å². The fourth-order valence-corrected chi connectivity index (χ4v) is 0.684. The third-order valence-corrected chi connectivity index (χ3v) is 1.25. The van der Waals surface area contributed by atoms with Gasteiger partial charge in [-0.3, -0.25) is 0 Å². The molecule has 10 nitrogen and oxygen atoms in total. The first kappa shape index (κ1) is 17.4. The summed E-state index contributed by atoms with van der Waals surface area (Å²) in [5.41, 5.74) is -2.97. The quantitative estimate of drug-likeness (QED) is 0.464. The van der Waals surface area contributed by atoms with Crippen LogP contribution in [0.4, 0.5) is 0 Å². The van der Waals surface area contributed by atoms with Crippen LogP contribution in [0.2, 0.25) is 0 Å². The van der Waals surface area contributed by atoms with Gasteiger partial charge >= 0.3 is 0 Å². The summed E-state index contributed by atoms with van der Waals surface area (Å²) in [6.07, 6.45) is -2.72. The third kappa shape index (κ3) is 10.3. The lowest BCUT2D eigenvalue weighted by atomic mass is 9.96. The molecular formula is C6H5O10Si-5. The number of hydrogen-bond donors (Lipinski definition) is 1. The minimum absolute atomic E-state index is 1.36. The average molecular weight is 265 g/mol. The molecule has 0 radical (unpaired) electrons. The Labute approximate surface area is 95.3 Å². The summed E-state index contributed by atoms with van der Waals surface area (Å²) in [6.45, 7) is 0. The van der Waals surface area contributed by atoms with Crippen molar-refractivity contribution in [1.82, 2.24) is 0 Å². The zero-order valence-corrected chi connectivity index (χ0v) is 9.04. The standard InChI is InChI=1S/C6H8O7.O3Si/c7-3(8)1-6(13,5(11)12)2-4(9)10;1-4(2)3/h13H,1-2H2,(H,7,8)(H,9,10)(H,11,12);/q;-2/p-3. The molecule has 11 heteroatoms. The molecule has 0 aliphatic rings. The Balaban J connectivity index is 0. The minimum atomic E-state index is -3.63. The molecule has 98 valence electrons. The van der Waals surface area contributed by atoms with E-state index in [4.69, 9.17) is 19.2 Å². The van der Waals surface area contributed by atoms with E-state index < -0.39 is 45.5 Å². The third-order valence-electron chi connectivity index (χ3n) is 1.25. The molecule has 0 saturated heterocycles. The molecule has 0 aliphatic carbocycles. The lowest BCUT2D eigenvalue weighted by Gasteiger charge is -2.29. The van der Waals surface area contributed by atoms with E-state index in [0.717, 1.165) is 0 Å². The van der Waals surface area contributed by atoms with Gasteiger partial charge in [0.2, 0.25) is 0 Å². The highest BCUT2D eigenvalue weighted by atomic mass is 28.3. The van der Waals surface area contributed by atoms with Gasteiger partial charge in [0.1, 0.15) is 5.60 Å². The predicted octanol–water partition coefficient (Wildman–Crippen LogP) is -8.13. The number of carbonyl (C=O) groups excluding carboxylic acids is 3. The largest absolute Gasteiger partial charge is 0.672 e. The molecule has 1 N–H and O–H groups in total. The molecule has 17 heavy (non-hydrogen) atoms. The monoisotopic (exact) mass is 265 g/mol. The Morgan fingerprint density at radius 2 is 1.24 bits per heavy atom. The molecular weight excluding hydrogens is 260 g/mol. The summed E-state index contributed by atoms with van der Waals surface area (Å²) < 4.78 is 8.52. The summed E-state index contributed by atoms with van der Waals surface area (Å²) in [5.74, 6) is -5.98. The number of hydrogen-bond acceptors (Lipinski definition) is 10. The normalized spacial score (nSPS) is 9.71. The number of carboxylic acids is 3. The summed E-state index contributed by atoms with van der Waals surface area (Å²) in [6, 6.07) is 0. The highest BCUT2D eigenvalue weighted by Crippen LogP contribution is 2.13. The van der Waals surface area contributed by atoms with Crippen molar-refractivity contribution in [2.75, 3.05) is 0 Å². The van der Waals surface area contributed by atoms with Gasteiger partial charge in [-0.15, -0.1) is 0 Å². The van der Waals surface area contributed by atoms with Crippen molar-refractivity contribution >= 4 is 27.1 Å². The van der Waals surface area contributed by atoms with Crippen LogP contribution in [-0.4, -0.2) is 37.8 Å². The van der Waals surface area contributed by atoms with Crippen LogP contribution in [0.3, 0.4) is 0 Å². The van der Waals surface area contributed by atoms with Crippen molar-refractivity contribution in [3.05, 3.63) is 0 Å². The summed E-state index contributed by atoms with van der Waals surface area (Å²) in [4.78, 5) is 47.0. The maximum Gasteiger partial charge on any atom is 0.114 e. The van der Waals surface area contributed by atoms with E-state index in [1.54, 1.807) is 0 Å². The number of carbonyl (C=O) groups is 3. The van der Waals surface area contributed by atoms with Crippen LogP contribution in [0.15, 0.2) is 0 Å². The molecule has 0 atom stereocenters. The minimum Gasteiger partial charge on any atom is -0.672 e. The molecule has 0 saturated carbocycles. The van der Waals surface area contributed by atoms with Crippen LogP contribution in [0.5, 0.6) is 0 Å². The van der Waals surface area contributed by atoms with Crippen LogP contribution in [0.25, 0.3) is 0 Å². The van der Waals surface area contributed by atoms with Gasteiger partial charge in [0.05, 0.1) is 5.97 Å². The van der Waals surface area contributed by atoms with Gasteiger partial charge in [-0.05, 0) is 0 Å². The molecule has 0 aromatic heterocycles. The van der Waals surface area contributed by atoms with Crippen molar-refractivity contribution in [1.29, 1.82) is 0 Å². The first-order valence-corrected chi connectivity index (χ1v) is 4.95. The molecule has 0 heterocycles. The fraction of sp³-hybridized carbons (Fsp3) is 0.500. The summed E-state index contributed by atoms with van der Waals surface area (Å²) in [5, 5.41) is 38.9. The van der Waals surface area contributed by atoms with Crippen LogP contribution < -0.4 is 24.9 Å². The van der Waals surface area contributed by atoms with Crippen molar-refractivity contribution in [2.24, 2.45) is 0 Å². The predicted molar refractivity (Wildman–Crippen MR) is 35.6 cm³/mol. The molecule has 0 spiro atoms. The molecule has 0 aromatic rings. The van der Waals surface area contributed by atoms with Gasteiger partial charge in [-0.2, -0.15) is 0 Å². The SMILES string of the molecule is O=C([O-])CC(O)(CC(=O)[O-])C(=O)[O-].O=[Si]([O-])[O-]. The van der Waals surface area contributed by atoms with E-state index >= 15 is 0 Å². The number of aliphatic carboxylic acids is 3. The van der Waals surface area contributed by atoms with E-state index in [0.29, 0.717) is 0 Å². The lowest BCUT2D eigenvalue weighted by Crippen LogP contribution is -2.54. The highest BCUT2D eigenvalue weighted by molar-refractivity contribution is 6.17. The van der Waals surface area contributed by atoms with E-state index in [9.17, 15) is 29.7 Å². The molecule has 0 amide bonds. The first-order valence-electron chi connectivity index (χ1n) is 3.72. The van der Waals surface area contributed by atoms with Crippen molar-refractivity contribution in [2.45, 2.75) is 18.4 Å². The molecule has 0 aromatic carbocycles. The van der Waals surface area contributed by atoms with Gasteiger partial charge in [-0.25, -0.2) is 0 Å². The molecule has 0 aliphatic heterocycles. The molecule has 0 unspecified atom stereocenters. The maximum atomic E-state index is 10.1. The van der Waals surface area contributed by atoms with Gasteiger partial charge in [0.25, 0.3) is 0 Å². The second-order valence-corrected chi connectivity index (χ2v) is 3.17. The summed E-state index contributed by atoms with van der Waals surface area (Å²) >= 11 is 0. The highest BCUT2D eigenvalue weighted by Gasteiger charge is 2.29. The molecule has 0 rings (SSSR count). The number of aliphatic hydroxyl groups is 1. The van der Waals surface area contributed by atoms with Crippen LogP contribution >= 0.6 is 0 Å². The first-order chi connectivity index (χ1) is 7.51. The van der Waals surface area contributed by atoms with Crippen molar-refractivity contribution in [3.63, 3.8) is 0 Å². The topological polar surface area (TPSA) is 204 Å². The maximum absolute atomic E-state index is 10.1. The lowest BCUT2D eigenvalue weighted by molar-refractivity contribution is -0.354. The molecule has 0 bridgehead atoms. The molecule has 0 fully saturated rings. The Hall–Kier alpha value is -2.01. The van der Waals surface area contributed by atoms with Crippen LogP contribution in [-0.2, 0) is 18.8 Å².